The van der Waals surface area contributed by atoms with Gasteiger partial charge in [0.2, 0.25) is 0 Å². The second kappa shape index (κ2) is 6.50. The molecule has 2 fully saturated rings. The van der Waals surface area contributed by atoms with E-state index >= 15 is 0 Å². The monoisotopic (exact) mass is 272 g/mol. The zero-order valence-electron chi connectivity index (χ0n) is 12.5. The van der Waals surface area contributed by atoms with Gasteiger partial charge in [0.15, 0.2) is 0 Å². The number of rotatable bonds is 4. The van der Waals surface area contributed by atoms with E-state index in [1.54, 1.807) is 0 Å². The fourth-order valence-electron chi connectivity index (χ4n) is 3.12. The van der Waals surface area contributed by atoms with Crippen molar-refractivity contribution in [2.45, 2.75) is 38.6 Å². The highest BCUT2D eigenvalue weighted by Crippen LogP contribution is 2.21. The van der Waals surface area contributed by atoms with Crippen molar-refractivity contribution in [1.29, 1.82) is 0 Å². The van der Waals surface area contributed by atoms with E-state index in [1.165, 1.54) is 0 Å². The van der Waals surface area contributed by atoms with Crippen LogP contribution in [0.1, 0.15) is 20.8 Å². The molecule has 0 aromatic rings. The van der Waals surface area contributed by atoms with E-state index in [2.05, 4.69) is 30.6 Å². The lowest BCUT2D eigenvalue weighted by Gasteiger charge is -2.44. The van der Waals surface area contributed by atoms with Crippen molar-refractivity contribution in [1.82, 2.24) is 9.80 Å². The van der Waals surface area contributed by atoms with Crippen LogP contribution in [0.5, 0.6) is 0 Å². The fourth-order valence-corrected chi connectivity index (χ4v) is 3.12. The second-order valence-corrected chi connectivity index (χ2v) is 6.26. The predicted octanol–water partition coefficient (Wildman–Crippen LogP) is 0.179. The third-order valence-electron chi connectivity index (χ3n) is 3.89. The zero-order chi connectivity index (χ0) is 13.9. The third-order valence-corrected chi connectivity index (χ3v) is 3.89. The Hall–Kier alpha value is -0.200. The summed E-state index contributed by atoms with van der Waals surface area (Å²) in [5, 5.41) is 9.34. The standard InChI is InChI=1S/C14H28N2O3/c1-4-15-5-6-18-12(7-15)8-16-9-13(10-17)19-14(2,3)11-16/h12-13,17H,4-11H2,1-3H3. The molecule has 2 atom stereocenters. The molecule has 0 spiro atoms. The summed E-state index contributed by atoms with van der Waals surface area (Å²) in [5.74, 6) is 0. The minimum absolute atomic E-state index is 0.0744. The lowest BCUT2D eigenvalue weighted by Crippen LogP contribution is -2.57. The molecular formula is C14H28N2O3. The lowest BCUT2D eigenvalue weighted by molar-refractivity contribution is -0.157. The van der Waals surface area contributed by atoms with Crippen LogP contribution in [-0.4, -0.2) is 85.2 Å². The highest BCUT2D eigenvalue weighted by molar-refractivity contribution is 4.86. The van der Waals surface area contributed by atoms with Gasteiger partial charge in [-0.25, -0.2) is 0 Å². The first-order chi connectivity index (χ1) is 9.02. The molecule has 112 valence electrons. The number of aliphatic hydroxyl groups is 1. The molecule has 2 rings (SSSR count). The Balaban J connectivity index is 1.87. The maximum Gasteiger partial charge on any atom is 0.0940 e. The van der Waals surface area contributed by atoms with Gasteiger partial charge in [-0.1, -0.05) is 6.92 Å². The van der Waals surface area contributed by atoms with Crippen LogP contribution >= 0.6 is 0 Å². The molecule has 0 radical (unpaired) electrons. The fraction of sp³-hybridized carbons (Fsp3) is 1.00. The predicted molar refractivity (Wildman–Crippen MR) is 74.3 cm³/mol. The minimum Gasteiger partial charge on any atom is -0.394 e. The second-order valence-electron chi connectivity index (χ2n) is 6.26. The summed E-state index contributed by atoms with van der Waals surface area (Å²) in [6.07, 6.45) is 0.205. The molecule has 2 saturated heterocycles. The number of likely N-dealkylation sites (N-methyl/N-ethyl adjacent to an activating group) is 1. The van der Waals surface area contributed by atoms with E-state index in [0.717, 1.165) is 45.9 Å². The van der Waals surface area contributed by atoms with Gasteiger partial charge in [0.05, 0.1) is 31.0 Å². The van der Waals surface area contributed by atoms with E-state index in [9.17, 15) is 5.11 Å². The van der Waals surface area contributed by atoms with Crippen molar-refractivity contribution in [3.63, 3.8) is 0 Å². The topological polar surface area (TPSA) is 45.2 Å². The summed E-state index contributed by atoms with van der Waals surface area (Å²) in [6.45, 7) is 13.1. The average molecular weight is 272 g/mol. The molecule has 0 aliphatic carbocycles. The molecular weight excluding hydrogens is 244 g/mol. The Morgan fingerprint density at radius 3 is 2.63 bits per heavy atom. The molecule has 0 aromatic carbocycles. The summed E-state index contributed by atoms with van der Waals surface area (Å²) in [7, 11) is 0. The molecule has 0 bridgehead atoms. The molecule has 2 unspecified atom stereocenters. The van der Waals surface area contributed by atoms with Crippen molar-refractivity contribution in [2.75, 3.05) is 52.5 Å². The molecule has 1 N–H and O–H groups in total. The molecule has 0 aromatic heterocycles. The van der Waals surface area contributed by atoms with Gasteiger partial charge < -0.3 is 14.6 Å². The van der Waals surface area contributed by atoms with Crippen LogP contribution < -0.4 is 0 Å². The normalized spacial score (nSPS) is 33.5. The van der Waals surface area contributed by atoms with E-state index in [-0.39, 0.29) is 24.4 Å². The van der Waals surface area contributed by atoms with Crippen LogP contribution in [0.4, 0.5) is 0 Å². The largest absolute Gasteiger partial charge is 0.394 e. The molecule has 5 nitrogen and oxygen atoms in total. The van der Waals surface area contributed by atoms with Gasteiger partial charge in [0.25, 0.3) is 0 Å². The molecule has 5 heteroatoms. The maximum atomic E-state index is 9.34. The highest BCUT2D eigenvalue weighted by atomic mass is 16.5. The molecule has 19 heavy (non-hydrogen) atoms. The number of hydrogen-bond donors (Lipinski definition) is 1. The van der Waals surface area contributed by atoms with Crippen LogP contribution in [0.3, 0.4) is 0 Å². The van der Waals surface area contributed by atoms with Crippen molar-refractivity contribution >= 4 is 0 Å². The lowest BCUT2D eigenvalue weighted by atomic mass is 10.0. The van der Waals surface area contributed by atoms with Gasteiger partial charge in [-0.2, -0.15) is 0 Å². The van der Waals surface area contributed by atoms with Crippen LogP contribution in [-0.2, 0) is 9.47 Å². The van der Waals surface area contributed by atoms with Crippen LogP contribution in [0.15, 0.2) is 0 Å². The zero-order valence-corrected chi connectivity index (χ0v) is 12.5. The summed E-state index contributed by atoms with van der Waals surface area (Å²) < 4.78 is 11.7. The number of morpholine rings is 2. The van der Waals surface area contributed by atoms with Crippen LogP contribution in [0, 0.1) is 0 Å². The Morgan fingerprint density at radius 1 is 1.21 bits per heavy atom. The van der Waals surface area contributed by atoms with Gasteiger partial charge in [-0.15, -0.1) is 0 Å². The van der Waals surface area contributed by atoms with E-state index < -0.39 is 0 Å². The van der Waals surface area contributed by atoms with Crippen molar-refractivity contribution < 1.29 is 14.6 Å². The van der Waals surface area contributed by atoms with Crippen molar-refractivity contribution in [3.05, 3.63) is 0 Å². The molecule has 0 saturated carbocycles. The first-order valence-electron chi connectivity index (χ1n) is 7.37. The SMILES string of the molecule is CCN1CCOC(CN2CC(CO)OC(C)(C)C2)C1. The number of ether oxygens (including phenoxy) is 2. The highest BCUT2D eigenvalue weighted by Gasteiger charge is 2.34. The van der Waals surface area contributed by atoms with Gasteiger partial charge in [0.1, 0.15) is 0 Å². The van der Waals surface area contributed by atoms with Gasteiger partial charge in [-0.05, 0) is 20.4 Å². The molecule has 2 aliphatic rings. The smallest absolute Gasteiger partial charge is 0.0940 e. The van der Waals surface area contributed by atoms with E-state index in [1.807, 2.05) is 0 Å². The summed E-state index contributed by atoms with van der Waals surface area (Å²) in [6, 6.07) is 0. The quantitative estimate of drug-likeness (QED) is 0.791. The maximum absolute atomic E-state index is 9.34. The summed E-state index contributed by atoms with van der Waals surface area (Å²) >= 11 is 0. The third kappa shape index (κ3) is 4.39. The first-order valence-corrected chi connectivity index (χ1v) is 7.37. The summed E-state index contributed by atoms with van der Waals surface area (Å²) in [5.41, 5.74) is -0.190. The number of aliphatic hydroxyl groups excluding tert-OH is 1. The first kappa shape index (κ1) is 15.2. The Bertz CT molecular complexity index is 286. The number of nitrogens with zero attached hydrogens (tertiary/aromatic N) is 2. The van der Waals surface area contributed by atoms with Crippen LogP contribution in [0.2, 0.25) is 0 Å². The Morgan fingerprint density at radius 2 is 1.95 bits per heavy atom. The van der Waals surface area contributed by atoms with Crippen molar-refractivity contribution in [3.8, 4) is 0 Å². The Labute approximate surface area is 116 Å². The Kier molecular flexibility index (Phi) is 5.20. The molecule has 2 heterocycles. The van der Waals surface area contributed by atoms with Crippen molar-refractivity contribution in [2.24, 2.45) is 0 Å². The van der Waals surface area contributed by atoms with Crippen LogP contribution in [0.25, 0.3) is 0 Å². The van der Waals surface area contributed by atoms with Gasteiger partial charge in [0, 0.05) is 32.7 Å². The van der Waals surface area contributed by atoms with Gasteiger partial charge in [-0.3, -0.25) is 9.80 Å². The summed E-state index contributed by atoms with van der Waals surface area (Å²) in [4.78, 5) is 4.80. The van der Waals surface area contributed by atoms with Gasteiger partial charge >= 0.3 is 0 Å². The number of hydrogen-bond acceptors (Lipinski definition) is 5. The molecule has 0 amide bonds. The van der Waals surface area contributed by atoms with E-state index in [4.69, 9.17) is 9.47 Å². The van der Waals surface area contributed by atoms with E-state index in [0.29, 0.717) is 0 Å². The average Bonchev–Trinajstić information content (AvgIpc) is 2.37. The minimum atomic E-state index is -0.190. The molecule has 2 aliphatic heterocycles.